The predicted octanol–water partition coefficient (Wildman–Crippen LogP) is 5.16. The van der Waals surface area contributed by atoms with Crippen LogP contribution in [0.15, 0.2) is 57.5 Å². The number of hydrogen-bond donors (Lipinski definition) is 0. The fraction of sp³-hybridized carbons (Fsp3) is 0.300. The Morgan fingerprint density at radius 1 is 0.667 bits per heavy atom. The molecule has 0 aliphatic heterocycles. The second-order valence-corrected chi connectivity index (χ2v) is 8.23. The summed E-state index contributed by atoms with van der Waals surface area (Å²) < 4.78 is 2.04. The average molecular weight is 450 g/mol. The van der Waals surface area contributed by atoms with Gasteiger partial charge >= 0.3 is 0 Å². The summed E-state index contributed by atoms with van der Waals surface area (Å²) in [6, 6.07) is 15.9. The van der Waals surface area contributed by atoms with Crippen molar-refractivity contribution in [1.29, 1.82) is 0 Å². The molecule has 0 aromatic heterocycles. The first-order valence-corrected chi connectivity index (χ1v) is 9.64. The molecule has 2 aromatic rings. The molecule has 2 nitrogen and oxygen atoms in total. The van der Waals surface area contributed by atoms with E-state index in [1.165, 1.54) is 0 Å². The first-order valence-electron chi connectivity index (χ1n) is 8.05. The molecule has 2 unspecified atom stereocenters. The van der Waals surface area contributed by atoms with Gasteiger partial charge in [0.15, 0.2) is 0 Å². The number of carbonyl (C=O) groups is 2. The molecule has 0 bridgehead atoms. The molecule has 2 atom stereocenters. The van der Waals surface area contributed by atoms with E-state index in [1.807, 2.05) is 48.5 Å². The molecule has 0 saturated heterocycles. The van der Waals surface area contributed by atoms with Crippen LogP contribution in [-0.4, -0.2) is 11.6 Å². The van der Waals surface area contributed by atoms with Crippen LogP contribution < -0.4 is 0 Å². The minimum absolute atomic E-state index is 0.167. The van der Waals surface area contributed by atoms with Crippen LogP contribution in [0.4, 0.5) is 0 Å². The Labute approximate surface area is 158 Å². The van der Waals surface area contributed by atoms with Gasteiger partial charge in [0.25, 0.3) is 0 Å². The molecule has 1 aliphatic rings. The predicted molar refractivity (Wildman–Crippen MR) is 102 cm³/mol. The zero-order chi connectivity index (χ0) is 17.1. The second kappa shape index (κ2) is 7.75. The highest BCUT2D eigenvalue weighted by Crippen LogP contribution is 2.29. The van der Waals surface area contributed by atoms with Crippen LogP contribution in [0.2, 0.25) is 0 Å². The van der Waals surface area contributed by atoms with E-state index in [2.05, 4.69) is 31.9 Å². The Morgan fingerprint density at radius 3 is 1.33 bits per heavy atom. The van der Waals surface area contributed by atoms with Gasteiger partial charge in [0.1, 0.15) is 11.6 Å². The lowest BCUT2D eigenvalue weighted by Gasteiger charge is -2.26. The first kappa shape index (κ1) is 17.6. The molecule has 1 fully saturated rings. The lowest BCUT2D eigenvalue weighted by molar-refractivity contribution is -0.136. The van der Waals surface area contributed by atoms with Crippen LogP contribution in [-0.2, 0) is 22.4 Å². The van der Waals surface area contributed by atoms with E-state index < -0.39 is 0 Å². The van der Waals surface area contributed by atoms with Crippen LogP contribution >= 0.6 is 31.9 Å². The zero-order valence-corrected chi connectivity index (χ0v) is 16.3. The van der Waals surface area contributed by atoms with Crippen molar-refractivity contribution in [2.45, 2.75) is 25.7 Å². The van der Waals surface area contributed by atoms with E-state index in [1.54, 1.807) is 0 Å². The Bertz CT molecular complexity index is 670. The van der Waals surface area contributed by atoms with Crippen LogP contribution in [0.25, 0.3) is 0 Å². The number of rotatable bonds is 4. The maximum Gasteiger partial charge on any atom is 0.137 e. The van der Waals surface area contributed by atoms with Gasteiger partial charge in [-0.25, -0.2) is 0 Å². The maximum atomic E-state index is 12.5. The van der Waals surface area contributed by atoms with E-state index in [9.17, 15) is 9.59 Å². The quantitative estimate of drug-likeness (QED) is 0.645. The third-order valence-electron chi connectivity index (χ3n) is 4.60. The number of Topliss-reactive ketones (excluding diaryl/α,β-unsaturated/α-hetero) is 2. The van der Waals surface area contributed by atoms with Crippen molar-refractivity contribution < 1.29 is 9.59 Å². The fourth-order valence-electron chi connectivity index (χ4n) is 3.23. The van der Waals surface area contributed by atoms with Gasteiger partial charge in [0.05, 0.1) is 0 Å². The van der Waals surface area contributed by atoms with Gasteiger partial charge in [-0.2, -0.15) is 0 Å². The number of benzene rings is 2. The molecule has 0 N–H and O–H groups in total. The third-order valence-corrected chi connectivity index (χ3v) is 5.65. The van der Waals surface area contributed by atoms with E-state index in [4.69, 9.17) is 0 Å². The number of ketones is 2. The Morgan fingerprint density at radius 2 is 1.00 bits per heavy atom. The Kier molecular flexibility index (Phi) is 5.67. The summed E-state index contributed by atoms with van der Waals surface area (Å²) in [7, 11) is 0. The molecule has 0 amide bonds. The van der Waals surface area contributed by atoms with Gasteiger partial charge in [0.2, 0.25) is 0 Å². The Balaban J connectivity index is 1.63. The van der Waals surface area contributed by atoms with Crippen molar-refractivity contribution >= 4 is 43.4 Å². The standard InChI is InChI=1S/C20H18Br2O2/c21-17-5-1-13(2-6-17)9-15-11-20(24)16(12-19(15)23)10-14-3-7-18(22)8-4-14/h1-8,15-16H,9-12H2. The minimum atomic E-state index is -0.167. The lowest BCUT2D eigenvalue weighted by atomic mass is 9.75. The fourth-order valence-corrected chi connectivity index (χ4v) is 3.76. The van der Waals surface area contributed by atoms with E-state index in [0.29, 0.717) is 25.7 Å². The smallest absolute Gasteiger partial charge is 0.137 e. The highest BCUT2D eigenvalue weighted by Gasteiger charge is 2.34. The summed E-state index contributed by atoms with van der Waals surface area (Å²) >= 11 is 6.82. The van der Waals surface area contributed by atoms with Crippen molar-refractivity contribution in [3.63, 3.8) is 0 Å². The monoisotopic (exact) mass is 448 g/mol. The third kappa shape index (κ3) is 4.42. The number of halogens is 2. The summed E-state index contributed by atoms with van der Waals surface area (Å²) in [5.74, 6) is 0.110. The van der Waals surface area contributed by atoms with E-state index >= 15 is 0 Å². The molecule has 4 heteroatoms. The average Bonchev–Trinajstić information content (AvgIpc) is 2.56. The minimum Gasteiger partial charge on any atom is -0.299 e. The van der Waals surface area contributed by atoms with Crippen molar-refractivity contribution in [2.75, 3.05) is 0 Å². The molecule has 0 heterocycles. The topological polar surface area (TPSA) is 34.1 Å². The lowest BCUT2D eigenvalue weighted by Crippen LogP contribution is -2.34. The van der Waals surface area contributed by atoms with Gasteiger partial charge in [-0.3, -0.25) is 9.59 Å². The molecule has 1 aliphatic carbocycles. The molecule has 3 rings (SSSR count). The van der Waals surface area contributed by atoms with Crippen molar-refractivity contribution in [1.82, 2.24) is 0 Å². The van der Waals surface area contributed by atoms with Crippen molar-refractivity contribution in [2.24, 2.45) is 11.8 Å². The molecule has 0 spiro atoms. The van der Waals surface area contributed by atoms with Gasteiger partial charge in [-0.15, -0.1) is 0 Å². The highest BCUT2D eigenvalue weighted by molar-refractivity contribution is 9.10. The van der Waals surface area contributed by atoms with Gasteiger partial charge in [-0.05, 0) is 48.2 Å². The Hall–Kier alpha value is -1.26. The molecule has 2 aromatic carbocycles. The van der Waals surface area contributed by atoms with Gasteiger partial charge in [0, 0.05) is 33.6 Å². The summed E-state index contributed by atoms with van der Waals surface area (Å²) in [5, 5.41) is 0. The van der Waals surface area contributed by atoms with Gasteiger partial charge < -0.3 is 0 Å². The van der Waals surface area contributed by atoms with Crippen molar-refractivity contribution in [3.05, 3.63) is 68.6 Å². The molecule has 0 radical (unpaired) electrons. The van der Waals surface area contributed by atoms with Crippen molar-refractivity contribution in [3.8, 4) is 0 Å². The molecule has 24 heavy (non-hydrogen) atoms. The number of hydrogen-bond acceptors (Lipinski definition) is 2. The summed E-state index contributed by atoms with van der Waals surface area (Å²) in [4.78, 5) is 25.0. The van der Waals surface area contributed by atoms with Crippen LogP contribution in [0.1, 0.15) is 24.0 Å². The maximum absolute atomic E-state index is 12.5. The largest absolute Gasteiger partial charge is 0.299 e. The summed E-state index contributed by atoms with van der Waals surface area (Å²) in [6.45, 7) is 0. The first-order chi connectivity index (χ1) is 11.5. The SMILES string of the molecule is O=C1CC(Cc2ccc(Br)cc2)C(=O)CC1Cc1ccc(Br)cc1. The highest BCUT2D eigenvalue weighted by atomic mass is 79.9. The second-order valence-electron chi connectivity index (χ2n) is 6.40. The summed E-state index contributed by atoms with van der Waals surface area (Å²) in [6.07, 6.45) is 2.05. The van der Waals surface area contributed by atoms with Crippen LogP contribution in [0.5, 0.6) is 0 Å². The molecule has 1 saturated carbocycles. The normalized spacial score (nSPS) is 21.1. The molecular formula is C20H18Br2O2. The van der Waals surface area contributed by atoms with E-state index in [0.717, 1.165) is 20.1 Å². The summed E-state index contributed by atoms with van der Waals surface area (Å²) in [5.41, 5.74) is 2.21. The van der Waals surface area contributed by atoms with Gasteiger partial charge in [-0.1, -0.05) is 56.1 Å². The van der Waals surface area contributed by atoms with E-state index in [-0.39, 0.29) is 23.4 Å². The molecular weight excluding hydrogens is 432 g/mol. The zero-order valence-electron chi connectivity index (χ0n) is 13.2. The number of carbonyl (C=O) groups excluding carboxylic acids is 2. The van der Waals surface area contributed by atoms with Crippen LogP contribution in [0.3, 0.4) is 0 Å². The van der Waals surface area contributed by atoms with Crippen LogP contribution in [0, 0.1) is 11.8 Å². The molecule has 124 valence electrons.